The highest BCUT2D eigenvalue weighted by atomic mass is 19.2. The predicted molar refractivity (Wildman–Crippen MR) is 79.9 cm³/mol. The number of esters is 1. The van der Waals surface area contributed by atoms with E-state index in [0.29, 0.717) is 5.89 Å². The minimum absolute atomic E-state index is 0.0995. The van der Waals surface area contributed by atoms with Gasteiger partial charge in [-0.1, -0.05) is 17.7 Å². The number of halogens is 2. The van der Waals surface area contributed by atoms with Gasteiger partial charge < -0.3 is 9.15 Å². The molecule has 0 aliphatic heterocycles. The van der Waals surface area contributed by atoms with Crippen LogP contribution in [-0.2, 0) is 11.3 Å². The Morgan fingerprint density at radius 1 is 1.12 bits per heavy atom. The fraction of sp³-hybridized carbons (Fsp3) is 0.118. The van der Waals surface area contributed by atoms with Crippen molar-refractivity contribution in [3.05, 3.63) is 71.1 Å². The van der Waals surface area contributed by atoms with Gasteiger partial charge in [-0.05, 0) is 37.3 Å². The molecule has 0 aliphatic rings. The van der Waals surface area contributed by atoms with Crippen LogP contribution in [-0.4, -0.2) is 16.2 Å². The fourth-order valence-electron chi connectivity index (χ4n) is 2.04. The van der Waals surface area contributed by atoms with Gasteiger partial charge in [0.2, 0.25) is 5.89 Å². The molecule has 0 bridgehead atoms. The summed E-state index contributed by atoms with van der Waals surface area (Å²) < 4.78 is 36.3. The van der Waals surface area contributed by atoms with E-state index in [4.69, 9.17) is 9.15 Å². The number of aryl methyl sites for hydroxylation is 1. The van der Waals surface area contributed by atoms with Gasteiger partial charge in [0, 0.05) is 5.56 Å². The largest absolute Gasteiger partial charge is 0.452 e. The van der Waals surface area contributed by atoms with Gasteiger partial charge in [0.25, 0.3) is 5.89 Å². The third-order valence-corrected chi connectivity index (χ3v) is 3.21. The predicted octanol–water partition coefficient (Wildman–Crippen LogP) is 3.68. The lowest BCUT2D eigenvalue weighted by Crippen LogP contribution is -2.06. The summed E-state index contributed by atoms with van der Waals surface area (Å²) in [4.78, 5) is 11.8. The summed E-state index contributed by atoms with van der Waals surface area (Å²) in [6.07, 6.45) is 0. The van der Waals surface area contributed by atoms with E-state index in [9.17, 15) is 13.6 Å². The molecule has 0 radical (unpaired) electrons. The number of carbonyl (C=O) groups excluding carboxylic acids is 1. The van der Waals surface area contributed by atoms with Crippen LogP contribution >= 0.6 is 0 Å². The van der Waals surface area contributed by atoms with E-state index in [2.05, 4.69) is 10.2 Å². The van der Waals surface area contributed by atoms with E-state index < -0.39 is 17.6 Å². The number of nitrogens with zero attached hydrogens (tertiary/aromatic N) is 2. The van der Waals surface area contributed by atoms with Crippen LogP contribution < -0.4 is 0 Å². The molecule has 0 spiro atoms. The summed E-state index contributed by atoms with van der Waals surface area (Å²) >= 11 is 0. The smallest absolute Gasteiger partial charge is 0.338 e. The number of hydrogen-bond acceptors (Lipinski definition) is 5. The van der Waals surface area contributed by atoms with E-state index in [0.717, 1.165) is 29.3 Å². The summed E-state index contributed by atoms with van der Waals surface area (Å²) in [6.45, 7) is 1.67. The molecule has 0 amide bonds. The van der Waals surface area contributed by atoms with Crippen LogP contribution in [0.1, 0.15) is 21.8 Å². The zero-order valence-electron chi connectivity index (χ0n) is 12.6. The quantitative estimate of drug-likeness (QED) is 0.683. The van der Waals surface area contributed by atoms with E-state index >= 15 is 0 Å². The summed E-state index contributed by atoms with van der Waals surface area (Å²) in [5.41, 5.74) is 1.69. The average Bonchev–Trinajstić information content (AvgIpc) is 3.04. The SMILES string of the molecule is Cc1cccc(-c2nnc(COC(=O)c3ccc(F)c(F)c3)o2)c1. The molecule has 0 atom stereocenters. The van der Waals surface area contributed by atoms with Crippen LogP contribution in [0.2, 0.25) is 0 Å². The maximum absolute atomic E-state index is 13.1. The van der Waals surface area contributed by atoms with Crippen molar-refractivity contribution >= 4 is 5.97 Å². The van der Waals surface area contributed by atoms with Gasteiger partial charge in [-0.25, -0.2) is 13.6 Å². The first-order valence-electron chi connectivity index (χ1n) is 7.04. The normalized spacial score (nSPS) is 10.6. The van der Waals surface area contributed by atoms with Crippen molar-refractivity contribution in [2.24, 2.45) is 0 Å². The topological polar surface area (TPSA) is 65.2 Å². The van der Waals surface area contributed by atoms with E-state index in [1.54, 1.807) is 0 Å². The molecular weight excluding hydrogens is 318 g/mol. The number of hydrogen-bond donors (Lipinski definition) is 0. The monoisotopic (exact) mass is 330 g/mol. The first-order chi connectivity index (χ1) is 11.5. The van der Waals surface area contributed by atoms with Gasteiger partial charge in [-0.15, -0.1) is 10.2 Å². The van der Waals surface area contributed by atoms with Crippen molar-refractivity contribution in [1.29, 1.82) is 0 Å². The van der Waals surface area contributed by atoms with Crippen molar-refractivity contribution in [3.63, 3.8) is 0 Å². The standard InChI is InChI=1S/C17H12F2N2O3/c1-10-3-2-4-11(7-10)16-21-20-15(24-16)9-23-17(22)12-5-6-13(18)14(19)8-12/h2-8H,9H2,1H3. The van der Waals surface area contributed by atoms with Crippen LogP contribution in [0.15, 0.2) is 46.9 Å². The highest BCUT2D eigenvalue weighted by Crippen LogP contribution is 2.19. The van der Waals surface area contributed by atoms with Crippen LogP contribution in [0.4, 0.5) is 8.78 Å². The summed E-state index contributed by atoms with van der Waals surface area (Å²) in [5.74, 6) is -2.57. The van der Waals surface area contributed by atoms with Crippen molar-refractivity contribution in [1.82, 2.24) is 10.2 Å². The minimum atomic E-state index is -1.12. The van der Waals surface area contributed by atoms with E-state index in [1.165, 1.54) is 0 Å². The second-order valence-electron chi connectivity index (χ2n) is 5.08. The van der Waals surface area contributed by atoms with Crippen molar-refractivity contribution in [2.45, 2.75) is 13.5 Å². The number of carbonyl (C=O) groups is 1. The van der Waals surface area contributed by atoms with Gasteiger partial charge >= 0.3 is 5.97 Å². The molecule has 0 fully saturated rings. The van der Waals surface area contributed by atoms with Gasteiger partial charge in [0.15, 0.2) is 18.2 Å². The summed E-state index contributed by atoms with van der Waals surface area (Å²) in [7, 11) is 0. The van der Waals surface area contributed by atoms with Crippen LogP contribution in [0, 0.1) is 18.6 Å². The molecule has 0 N–H and O–H groups in total. The van der Waals surface area contributed by atoms with E-state index in [1.807, 2.05) is 31.2 Å². The molecule has 0 unspecified atom stereocenters. The first kappa shape index (κ1) is 15.8. The molecule has 122 valence electrons. The number of aromatic nitrogens is 2. The molecule has 3 aromatic rings. The highest BCUT2D eigenvalue weighted by Gasteiger charge is 2.14. The van der Waals surface area contributed by atoms with Gasteiger partial charge in [0.05, 0.1) is 5.56 Å². The minimum Gasteiger partial charge on any atom is -0.452 e. The lowest BCUT2D eigenvalue weighted by Gasteiger charge is -2.02. The fourth-order valence-corrected chi connectivity index (χ4v) is 2.04. The number of benzene rings is 2. The van der Waals surface area contributed by atoms with Crippen molar-refractivity contribution in [2.75, 3.05) is 0 Å². The van der Waals surface area contributed by atoms with Crippen LogP contribution in [0.25, 0.3) is 11.5 Å². The Morgan fingerprint density at radius 2 is 1.96 bits per heavy atom. The number of ether oxygens (including phenoxy) is 1. The lowest BCUT2D eigenvalue weighted by molar-refractivity contribution is 0.0438. The molecule has 5 nitrogen and oxygen atoms in total. The third kappa shape index (κ3) is 3.45. The maximum Gasteiger partial charge on any atom is 0.338 e. The van der Waals surface area contributed by atoms with Gasteiger partial charge in [0.1, 0.15) is 0 Å². The van der Waals surface area contributed by atoms with Gasteiger partial charge in [-0.3, -0.25) is 0 Å². The molecule has 7 heteroatoms. The average molecular weight is 330 g/mol. The zero-order valence-corrected chi connectivity index (χ0v) is 12.6. The molecular formula is C17H12F2N2O3. The Kier molecular flexibility index (Phi) is 4.33. The van der Waals surface area contributed by atoms with Crippen molar-refractivity contribution in [3.8, 4) is 11.5 Å². The number of rotatable bonds is 4. The Balaban J connectivity index is 1.67. The molecule has 0 aliphatic carbocycles. The Hall–Kier alpha value is -3.09. The first-order valence-corrected chi connectivity index (χ1v) is 7.04. The second-order valence-corrected chi connectivity index (χ2v) is 5.08. The Morgan fingerprint density at radius 3 is 2.71 bits per heavy atom. The third-order valence-electron chi connectivity index (χ3n) is 3.21. The Labute approximate surface area is 135 Å². The molecule has 2 aromatic carbocycles. The van der Waals surface area contributed by atoms with Gasteiger partial charge in [-0.2, -0.15) is 0 Å². The van der Waals surface area contributed by atoms with E-state index in [-0.39, 0.29) is 18.1 Å². The molecule has 0 saturated heterocycles. The summed E-state index contributed by atoms with van der Waals surface area (Å²) in [5, 5.41) is 7.68. The molecule has 1 heterocycles. The molecule has 1 aromatic heterocycles. The Bertz CT molecular complexity index is 893. The summed E-state index contributed by atoms with van der Waals surface area (Å²) in [6, 6.07) is 10.2. The van der Waals surface area contributed by atoms with Crippen molar-refractivity contribution < 1.29 is 22.7 Å². The van der Waals surface area contributed by atoms with Crippen LogP contribution in [0.3, 0.4) is 0 Å². The highest BCUT2D eigenvalue weighted by molar-refractivity contribution is 5.89. The molecule has 3 rings (SSSR count). The molecule has 0 saturated carbocycles. The maximum atomic E-state index is 13.1. The molecule has 24 heavy (non-hydrogen) atoms. The zero-order chi connectivity index (χ0) is 17.1. The second kappa shape index (κ2) is 6.57. The van der Waals surface area contributed by atoms with Crippen LogP contribution in [0.5, 0.6) is 0 Å². The lowest BCUT2D eigenvalue weighted by atomic mass is 10.1.